The number of benzene rings is 1. The van der Waals surface area contributed by atoms with E-state index in [0.29, 0.717) is 5.96 Å². The van der Waals surface area contributed by atoms with Gasteiger partial charge in [0.2, 0.25) is 0 Å². The predicted molar refractivity (Wildman–Crippen MR) is 132 cm³/mol. The molecule has 6 nitrogen and oxygen atoms in total. The summed E-state index contributed by atoms with van der Waals surface area (Å²) >= 11 is 0. The van der Waals surface area contributed by atoms with E-state index in [4.69, 9.17) is 4.74 Å². The van der Waals surface area contributed by atoms with E-state index in [0.717, 1.165) is 29.4 Å². The SMILES string of the molecule is CN=C(NCc1ccc(OC(C)C)cc1C(F)(F)F)NC(C)Cc1c(C)nn(C)c1C.I. The standard InChI is InChI=1S/C22H32F3N5O.HI/c1-13(2)31-18-9-8-17(20(11-18)22(23,24)25)12-27-21(26-6)28-14(3)10-19-15(4)29-30(7)16(19)5;/h8-9,11,13-14H,10,12H2,1-7H3,(H2,26,27,28);1H. The number of nitrogens with one attached hydrogen (secondary N) is 2. The van der Waals surface area contributed by atoms with Gasteiger partial charge in [0.05, 0.1) is 17.4 Å². The van der Waals surface area contributed by atoms with Crippen LogP contribution in [0.15, 0.2) is 23.2 Å². The number of hydrogen-bond donors (Lipinski definition) is 2. The Morgan fingerprint density at radius 3 is 2.38 bits per heavy atom. The van der Waals surface area contributed by atoms with E-state index in [9.17, 15) is 13.2 Å². The van der Waals surface area contributed by atoms with Gasteiger partial charge in [-0.1, -0.05) is 6.07 Å². The molecular formula is C22H33F3IN5O. The summed E-state index contributed by atoms with van der Waals surface area (Å²) in [5.41, 5.74) is 2.61. The van der Waals surface area contributed by atoms with Crippen LogP contribution in [0.25, 0.3) is 0 Å². The fourth-order valence-corrected chi connectivity index (χ4v) is 3.40. The van der Waals surface area contributed by atoms with Crippen molar-refractivity contribution in [2.45, 2.75) is 65.9 Å². The molecule has 1 atom stereocenters. The Morgan fingerprint density at radius 2 is 1.88 bits per heavy atom. The minimum Gasteiger partial charge on any atom is -0.491 e. The molecule has 0 radical (unpaired) electrons. The van der Waals surface area contributed by atoms with Gasteiger partial charge in [-0.25, -0.2) is 0 Å². The van der Waals surface area contributed by atoms with Gasteiger partial charge in [0.15, 0.2) is 5.96 Å². The molecule has 10 heteroatoms. The normalized spacial score (nSPS) is 13.0. The van der Waals surface area contributed by atoms with Crippen molar-refractivity contribution in [3.8, 4) is 5.75 Å². The zero-order chi connectivity index (χ0) is 23.3. The molecule has 180 valence electrons. The van der Waals surface area contributed by atoms with Gasteiger partial charge in [-0.2, -0.15) is 18.3 Å². The van der Waals surface area contributed by atoms with E-state index in [1.54, 1.807) is 27.0 Å². The van der Waals surface area contributed by atoms with Gasteiger partial charge >= 0.3 is 6.18 Å². The monoisotopic (exact) mass is 567 g/mol. The topological polar surface area (TPSA) is 63.5 Å². The molecule has 0 bridgehead atoms. The average molecular weight is 567 g/mol. The molecule has 1 aromatic carbocycles. The molecule has 2 rings (SSSR count). The second-order valence-electron chi connectivity index (χ2n) is 7.93. The Labute approximate surface area is 205 Å². The quantitative estimate of drug-likeness (QED) is 0.288. The van der Waals surface area contributed by atoms with Crippen LogP contribution in [0.2, 0.25) is 0 Å². The lowest BCUT2D eigenvalue weighted by Crippen LogP contribution is -2.43. The second-order valence-corrected chi connectivity index (χ2v) is 7.93. The fourth-order valence-electron chi connectivity index (χ4n) is 3.40. The molecule has 1 heterocycles. The summed E-state index contributed by atoms with van der Waals surface area (Å²) in [6.07, 6.45) is -3.96. The van der Waals surface area contributed by atoms with E-state index in [2.05, 4.69) is 20.7 Å². The molecular weight excluding hydrogens is 534 g/mol. The molecule has 0 aliphatic rings. The minimum absolute atomic E-state index is 0. The molecule has 2 aromatic rings. The Morgan fingerprint density at radius 1 is 1.22 bits per heavy atom. The Balaban J connectivity index is 0.00000512. The van der Waals surface area contributed by atoms with Crippen LogP contribution in [-0.4, -0.2) is 34.9 Å². The molecule has 1 unspecified atom stereocenters. The average Bonchev–Trinajstić information content (AvgIpc) is 2.90. The predicted octanol–water partition coefficient (Wildman–Crippen LogP) is 4.76. The first kappa shape index (κ1) is 28.1. The van der Waals surface area contributed by atoms with Gasteiger partial charge in [-0.05, 0) is 64.3 Å². The molecule has 0 aliphatic carbocycles. The van der Waals surface area contributed by atoms with Crippen LogP contribution in [0.1, 0.15) is 48.8 Å². The third kappa shape index (κ3) is 7.56. The molecule has 0 aliphatic heterocycles. The summed E-state index contributed by atoms with van der Waals surface area (Å²) in [5, 5.41) is 10.7. The highest BCUT2D eigenvalue weighted by Gasteiger charge is 2.34. The van der Waals surface area contributed by atoms with Crippen LogP contribution in [-0.2, 0) is 26.2 Å². The number of hydrogen-bond acceptors (Lipinski definition) is 3. The maximum absolute atomic E-state index is 13.6. The Bertz CT molecular complexity index is 925. The number of alkyl halides is 3. The Hall–Kier alpha value is -1.98. The van der Waals surface area contributed by atoms with E-state index in [-0.39, 0.29) is 54.0 Å². The Kier molecular flexibility index (Phi) is 10.3. The van der Waals surface area contributed by atoms with Crippen molar-refractivity contribution in [3.63, 3.8) is 0 Å². The maximum Gasteiger partial charge on any atom is 0.416 e. The number of ether oxygens (including phenoxy) is 1. The highest BCUT2D eigenvalue weighted by atomic mass is 127. The van der Waals surface area contributed by atoms with Gasteiger partial charge in [0.1, 0.15) is 5.75 Å². The zero-order valence-electron chi connectivity index (χ0n) is 19.6. The lowest BCUT2D eigenvalue weighted by molar-refractivity contribution is -0.138. The van der Waals surface area contributed by atoms with Crippen LogP contribution < -0.4 is 15.4 Å². The number of rotatable bonds is 7. The van der Waals surface area contributed by atoms with Crippen molar-refractivity contribution in [2.75, 3.05) is 7.05 Å². The molecule has 0 fully saturated rings. The third-order valence-corrected chi connectivity index (χ3v) is 4.98. The van der Waals surface area contributed by atoms with E-state index in [1.807, 2.05) is 32.5 Å². The van der Waals surface area contributed by atoms with E-state index >= 15 is 0 Å². The first-order valence-corrected chi connectivity index (χ1v) is 10.2. The van der Waals surface area contributed by atoms with E-state index < -0.39 is 11.7 Å². The summed E-state index contributed by atoms with van der Waals surface area (Å²) in [6.45, 7) is 9.50. The van der Waals surface area contributed by atoms with Crippen molar-refractivity contribution in [1.82, 2.24) is 20.4 Å². The number of aliphatic imine (C=N–C) groups is 1. The first-order valence-electron chi connectivity index (χ1n) is 10.2. The van der Waals surface area contributed by atoms with Gasteiger partial charge in [-0.15, -0.1) is 24.0 Å². The molecule has 2 N–H and O–H groups in total. The smallest absolute Gasteiger partial charge is 0.416 e. The van der Waals surface area contributed by atoms with Gasteiger partial charge < -0.3 is 15.4 Å². The number of guanidine groups is 1. The fraction of sp³-hybridized carbons (Fsp3) is 0.545. The number of aryl methyl sites for hydroxylation is 2. The van der Waals surface area contributed by atoms with Crippen LogP contribution in [0.3, 0.4) is 0 Å². The summed E-state index contributed by atoms with van der Waals surface area (Å²) < 4.78 is 48.0. The van der Waals surface area contributed by atoms with Gasteiger partial charge in [0.25, 0.3) is 0 Å². The lowest BCUT2D eigenvalue weighted by atomic mass is 10.1. The van der Waals surface area contributed by atoms with Gasteiger partial charge in [-0.3, -0.25) is 9.67 Å². The van der Waals surface area contributed by atoms with Crippen LogP contribution >= 0.6 is 24.0 Å². The second kappa shape index (κ2) is 11.8. The van der Waals surface area contributed by atoms with Crippen molar-refractivity contribution in [3.05, 3.63) is 46.3 Å². The first-order chi connectivity index (χ1) is 14.4. The molecule has 1 aromatic heterocycles. The minimum atomic E-state index is -4.48. The number of nitrogens with zero attached hydrogens (tertiary/aromatic N) is 3. The number of halogens is 4. The van der Waals surface area contributed by atoms with Gasteiger partial charge in [0, 0.05) is 32.4 Å². The van der Waals surface area contributed by atoms with Crippen molar-refractivity contribution in [2.24, 2.45) is 12.0 Å². The lowest BCUT2D eigenvalue weighted by Gasteiger charge is -2.20. The van der Waals surface area contributed by atoms with E-state index in [1.165, 1.54) is 6.07 Å². The molecule has 0 saturated heterocycles. The summed E-state index contributed by atoms with van der Waals surface area (Å²) in [7, 11) is 3.49. The van der Waals surface area contributed by atoms with Crippen LogP contribution in [0, 0.1) is 13.8 Å². The number of aromatic nitrogens is 2. The molecule has 32 heavy (non-hydrogen) atoms. The maximum atomic E-state index is 13.6. The van der Waals surface area contributed by atoms with Crippen molar-refractivity contribution >= 4 is 29.9 Å². The van der Waals surface area contributed by atoms with Crippen molar-refractivity contribution < 1.29 is 17.9 Å². The van der Waals surface area contributed by atoms with Crippen LogP contribution in [0.5, 0.6) is 5.75 Å². The highest BCUT2D eigenvalue weighted by molar-refractivity contribution is 14.0. The summed E-state index contributed by atoms with van der Waals surface area (Å²) in [5.74, 6) is 0.631. The third-order valence-electron chi connectivity index (χ3n) is 4.98. The molecule has 0 saturated carbocycles. The van der Waals surface area contributed by atoms with Crippen LogP contribution in [0.4, 0.5) is 13.2 Å². The highest BCUT2D eigenvalue weighted by Crippen LogP contribution is 2.34. The molecule has 0 spiro atoms. The molecule has 0 amide bonds. The largest absolute Gasteiger partial charge is 0.491 e. The summed E-state index contributed by atoms with van der Waals surface area (Å²) in [6, 6.07) is 4.05. The summed E-state index contributed by atoms with van der Waals surface area (Å²) in [4.78, 5) is 4.15. The van der Waals surface area contributed by atoms with Crippen molar-refractivity contribution in [1.29, 1.82) is 0 Å². The zero-order valence-corrected chi connectivity index (χ0v) is 21.9.